The number of benzene rings is 2. The fourth-order valence-electron chi connectivity index (χ4n) is 2.92. The lowest BCUT2D eigenvalue weighted by Gasteiger charge is -2.34. The number of anilines is 1. The normalized spacial score (nSPS) is 15.1. The van der Waals surface area contributed by atoms with Gasteiger partial charge in [-0.3, -0.25) is 5.43 Å². The maximum absolute atomic E-state index is 5.92. The molecule has 2 aromatic rings. The van der Waals surface area contributed by atoms with Crippen LogP contribution in [0.25, 0.3) is 0 Å². The Morgan fingerprint density at radius 2 is 1.93 bits per heavy atom. The van der Waals surface area contributed by atoms with Gasteiger partial charge >= 0.3 is 0 Å². The van der Waals surface area contributed by atoms with E-state index in [1.807, 2.05) is 36.4 Å². The Balaban J connectivity index is 1.54. The predicted octanol–water partition coefficient (Wildman–Crippen LogP) is 2.18. The number of thiocarbonyl (C=S) groups is 1. The van der Waals surface area contributed by atoms with Gasteiger partial charge in [0.15, 0.2) is 5.11 Å². The van der Waals surface area contributed by atoms with E-state index in [1.54, 1.807) is 6.21 Å². The summed E-state index contributed by atoms with van der Waals surface area (Å²) in [7, 11) is 2.17. The average molecular weight is 384 g/mol. The third-order valence-electron chi connectivity index (χ3n) is 4.45. The summed E-state index contributed by atoms with van der Waals surface area (Å²) in [6.45, 7) is 4.83. The quantitative estimate of drug-likeness (QED) is 0.453. The molecule has 0 aromatic heterocycles. The van der Waals surface area contributed by atoms with Crippen LogP contribution in [0, 0.1) is 0 Å². The largest absolute Gasteiger partial charge is 0.489 e. The number of piperazine rings is 1. The second-order valence-corrected chi connectivity index (χ2v) is 6.99. The summed E-state index contributed by atoms with van der Waals surface area (Å²) in [6.07, 6.45) is 1.67. The first kappa shape index (κ1) is 19.1. The Morgan fingerprint density at radius 3 is 2.63 bits per heavy atom. The highest BCUT2D eigenvalue weighted by molar-refractivity contribution is 7.80. The minimum atomic E-state index is 0.144. The summed E-state index contributed by atoms with van der Waals surface area (Å²) in [5.41, 5.74) is 11.2. The minimum Gasteiger partial charge on any atom is -0.489 e. The molecule has 0 spiro atoms. The van der Waals surface area contributed by atoms with Gasteiger partial charge in [0.25, 0.3) is 0 Å². The number of ether oxygens (including phenoxy) is 1. The molecule has 3 rings (SSSR count). The Bertz CT molecular complexity index is 785. The van der Waals surface area contributed by atoms with E-state index in [-0.39, 0.29) is 5.11 Å². The Morgan fingerprint density at radius 1 is 1.19 bits per heavy atom. The van der Waals surface area contributed by atoms with Crippen molar-refractivity contribution >= 4 is 29.2 Å². The zero-order chi connectivity index (χ0) is 19.1. The molecule has 1 aliphatic rings. The first-order valence-corrected chi connectivity index (χ1v) is 9.35. The molecule has 0 aliphatic carbocycles. The van der Waals surface area contributed by atoms with E-state index in [0.29, 0.717) is 6.61 Å². The second-order valence-electron chi connectivity index (χ2n) is 6.55. The van der Waals surface area contributed by atoms with Gasteiger partial charge in [0.05, 0.1) is 6.21 Å². The third kappa shape index (κ3) is 5.94. The first-order valence-electron chi connectivity index (χ1n) is 8.94. The Kier molecular flexibility index (Phi) is 6.62. The third-order valence-corrected chi connectivity index (χ3v) is 4.54. The van der Waals surface area contributed by atoms with Crippen LogP contribution in [0.3, 0.4) is 0 Å². The van der Waals surface area contributed by atoms with Crippen molar-refractivity contribution < 1.29 is 4.74 Å². The van der Waals surface area contributed by atoms with Crippen molar-refractivity contribution in [3.63, 3.8) is 0 Å². The fourth-order valence-corrected chi connectivity index (χ4v) is 2.97. The van der Waals surface area contributed by atoms with Crippen molar-refractivity contribution in [2.24, 2.45) is 10.8 Å². The van der Waals surface area contributed by atoms with Gasteiger partial charge in [-0.2, -0.15) is 5.10 Å². The van der Waals surface area contributed by atoms with Gasteiger partial charge in [-0.15, -0.1) is 0 Å². The molecular formula is C20H25N5OS. The number of nitrogens with zero attached hydrogens (tertiary/aromatic N) is 3. The van der Waals surface area contributed by atoms with Crippen molar-refractivity contribution in [1.29, 1.82) is 0 Å². The zero-order valence-electron chi connectivity index (χ0n) is 15.5. The summed E-state index contributed by atoms with van der Waals surface area (Å²) < 4.78 is 5.92. The van der Waals surface area contributed by atoms with Crippen molar-refractivity contribution in [2.75, 3.05) is 38.1 Å². The van der Waals surface area contributed by atoms with Crippen molar-refractivity contribution in [2.45, 2.75) is 6.61 Å². The number of hydrogen-bond acceptors (Lipinski definition) is 5. The van der Waals surface area contributed by atoms with Crippen LogP contribution < -0.4 is 20.8 Å². The highest BCUT2D eigenvalue weighted by Gasteiger charge is 2.13. The molecule has 0 atom stereocenters. The van der Waals surface area contributed by atoms with Crippen LogP contribution in [-0.4, -0.2) is 49.5 Å². The van der Waals surface area contributed by atoms with E-state index in [9.17, 15) is 0 Å². The lowest BCUT2D eigenvalue weighted by atomic mass is 10.1. The monoisotopic (exact) mass is 383 g/mol. The summed E-state index contributed by atoms with van der Waals surface area (Å²) in [5, 5.41) is 4.11. The molecule has 0 amide bonds. The van der Waals surface area contributed by atoms with Crippen LogP contribution in [0.15, 0.2) is 53.6 Å². The maximum Gasteiger partial charge on any atom is 0.184 e. The molecule has 1 heterocycles. The minimum absolute atomic E-state index is 0.144. The Hall–Kier alpha value is -2.64. The number of nitrogens with one attached hydrogen (secondary N) is 1. The van der Waals surface area contributed by atoms with E-state index < -0.39 is 0 Å². The molecule has 142 valence electrons. The smallest absolute Gasteiger partial charge is 0.184 e. The first-order chi connectivity index (χ1) is 13.1. The summed E-state index contributed by atoms with van der Waals surface area (Å²) in [5.74, 6) is 0.863. The fraction of sp³-hybridized carbons (Fsp3) is 0.300. The molecule has 1 saturated heterocycles. The zero-order valence-corrected chi connectivity index (χ0v) is 16.3. The summed E-state index contributed by atoms with van der Waals surface area (Å²) in [6, 6.07) is 16.3. The SMILES string of the molecule is CN1CCN(c2ccc(OCc3cccc(C=NNC(N)=S)c3)cc2)CC1. The van der Waals surface area contributed by atoms with Crippen LogP contribution >= 0.6 is 12.2 Å². The molecule has 3 N–H and O–H groups in total. The maximum atomic E-state index is 5.92. The number of rotatable bonds is 6. The predicted molar refractivity (Wildman–Crippen MR) is 114 cm³/mol. The van der Waals surface area contributed by atoms with Gasteiger partial charge < -0.3 is 20.3 Å². The number of likely N-dealkylation sites (N-methyl/N-ethyl adjacent to an activating group) is 1. The molecular weight excluding hydrogens is 358 g/mol. The van der Waals surface area contributed by atoms with Crippen molar-refractivity contribution in [3.05, 3.63) is 59.7 Å². The molecule has 6 nitrogen and oxygen atoms in total. The van der Waals surface area contributed by atoms with Crippen LogP contribution in [0.4, 0.5) is 5.69 Å². The number of hydrazone groups is 1. The van der Waals surface area contributed by atoms with Gasteiger partial charge in [0.1, 0.15) is 12.4 Å². The standard InChI is InChI=1S/C20H25N5OS/c1-24-9-11-25(12-10-24)18-5-7-19(8-6-18)26-15-17-4-2-3-16(13-17)14-22-23-20(21)27/h2-8,13-14H,9-12,15H2,1H3,(H3,21,23,27). The lowest BCUT2D eigenvalue weighted by molar-refractivity contribution is 0.305. The van der Waals surface area contributed by atoms with Crippen LogP contribution in [0.5, 0.6) is 5.75 Å². The average Bonchev–Trinajstić information content (AvgIpc) is 2.68. The van der Waals surface area contributed by atoms with E-state index in [1.165, 1.54) is 5.69 Å². The molecule has 2 aromatic carbocycles. The molecule has 27 heavy (non-hydrogen) atoms. The second kappa shape index (κ2) is 9.34. The molecule has 0 bridgehead atoms. The molecule has 1 aliphatic heterocycles. The van der Waals surface area contributed by atoms with E-state index in [0.717, 1.165) is 43.1 Å². The van der Waals surface area contributed by atoms with Crippen LogP contribution in [-0.2, 0) is 6.61 Å². The van der Waals surface area contributed by atoms with E-state index in [4.69, 9.17) is 22.7 Å². The molecule has 0 unspecified atom stereocenters. The van der Waals surface area contributed by atoms with Gasteiger partial charge in [0, 0.05) is 31.9 Å². The van der Waals surface area contributed by atoms with Gasteiger partial charge in [-0.25, -0.2) is 0 Å². The highest BCUT2D eigenvalue weighted by atomic mass is 32.1. The van der Waals surface area contributed by atoms with E-state index >= 15 is 0 Å². The van der Waals surface area contributed by atoms with Crippen LogP contribution in [0.1, 0.15) is 11.1 Å². The topological polar surface area (TPSA) is 66.1 Å². The van der Waals surface area contributed by atoms with Crippen molar-refractivity contribution in [1.82, 2.24) is 10.3 Å². The summed E-state index contributed by atoms with van der Waals surface area (Å²) >= 11 is 4.72. The number of hydrogen-bond donors (Lipinski definition) is 2. The van der Waals surface area contributed by atoms with Gasteiger partial charge in [0.2, 0.25) is 0 Å². The van der Waals surface area contributed by atoms with Gasteiger partial charge in [-0.05, 0) is 60.7 Å². The van der Waals surface area contributed by atoms with E-state index in [2.05, 4.69) is 39.5 Å². The lowest BCUT2D eigenvalue weighted by Crippen LogP contribution is -2.44. The molecule has 0 saturated carbocycles. The Labute approximate surface area is 165 Å². The molecule has 7 heteroatoms. The highest BCUT2D eigenvalue weighted by Crippen LogP contribution is 2.21. The van der Waals surface area contributed by atoms with Crippen molar-refractivity contribution in [3.8, 4) is 5.75 Å². The van der Waals surface area contributed by atoms with Gasteiger partial charge in [-0.1, -0.05) is 18.2 Å². The van der Waals surface area contributed by atoms with Crippen LogP contribution in [0.2, 0.25) is 0 Å². The molecule has 0 radical (unpaired) electrons. The summed E-state index contributed by atoms with van der Waals surface area (Å²) in [4.78, 5) is 4.76. The number of nitrogens with two attached hydrogens (primary N) is 1. The molecule has 1 fully saturated rings.